The molecule has 0 radical (unpaired) electrons. The Morgan fingerprint density at radius 1 is 1.20 bits per heavy atom. The Balaban J connectivity index is 1.80. The number of guanidine groups is 1. The lowest BCUT2D eigenvalue weighted by Crippen LogP contribution is -2.38. The van der Waals surface area contributed by atoms with Crippen LogP contribution in [0.4, 0.5) is 10.5 Å². The SMILES string of the molecule is CCNC(=NCC(O)c1ccco1)NCCc1ccc(NC(=O)OC(C)(C)C)cc1. The minimum Gasteiger partial charge on any atom is -0.467 e. The van der Waals surface area contributed by atoms with Crippen LogP contribution in [0.2, 0.25) is 0 Å². The number of amides is 1. The van der Waals surface area contributed by atoms with Crippen LogP contribution in [0, 0.1) is 0 Å². The third-order valence-corrected chi connectivity index (χ3v) is 3.94. The minimum absolute atomic E-state index is 0.202. The topological polar surface area (TPSA) is 108 Å². The third-order valence-electron chi connectivity index (χ3n) is 3.94. The molecule has 0 aliphatic heterocycles. The number of anilines is 1. The van der Waals surface area contributed by atoms with E-state index in [1.165, 1.54) is 6.26 Å². The zero-order chi connectivity index (χ0) is 22.0. The van der Waals surface area contributed by atoms with Crippen LogP contribution in [-0.2, 0) is 11.2 Å². The molecule has 2 rings (SSSR count). The fraction of sp³-hybridized carbons (Fsp3) is 0.455. The van der Waals surface area contributed by atoms with Gasteiger partial charge in [-0.05, 0) is 63.9 Å². The molecule has 0 aliphatic carbocycles. The predicted molar refractivity (Wildman–Crippen MR) is 118 cm³/mol. The van der Waals surface area contributed by atoms with E-state index in [2.05, 4.69) is 20.9 Å². The van der Waals surface area contributed by atoms with E-state index in [-0.39, 0.29) is 6.54 Å². The van der Waals surface area contributed by atoms with Crippen molar-refractivity contribution in [2.45, 2.75) is 45.8 Å². The summed E-state index contributed by atoms with van der Waals surface area (Å²) in [5.74, 6) is 1.13. The second kappa shape index (κ2) is 11.3. The van der Waals surface area contributed by atoms with Gasteiger partial charge in [-0.1, -0.05) is 12.1 Å². The highest BCUT2D eigenvalue weighted by molar-refractivity contribution is 5.84. The molecule has 30 heavy (non-hydrogen) atoms. The monoisotopic (exact) mass is 416 g/mol. The number of aliphatic imine (C=N–C) groups is 1. The first-order valence-electron chi connectivity index (χ1n) is 10.1. The first-order valence-corrected chi connectivity index (χ1v) is 10.1. The zero-order valence-corrected chi connectivity index (χ0v) is 18.1. The molecule has 8 nitrogen and oxygen atoms in total. The fourth-order valence-corrected chi connectivity index (χ4v) is 2.59. The van der Waals surface area contributed by atoms with Crippen molar-refractivity contribution in [3.05, 3.63) is 54.0 Å². The van der Waals surface area contributed by atoms with Gasteiger partial charge >= 0.3 is 6.09 Å². The molecule has 0 spiro atoms. The third kappa shape index (κ3) is 8.57. The van der Waals surface area contributed by atoms with Gasteiger partial charge in [0.05, 0.1) is 12.8 Å². The van der Waals surface area contributed by atoms with Gasteiger partial charge in [0.1, 0.15) is 17.5 Å². The maximum absolute atomic E-state index is 11.8. The van der Waals surface area contributed by atoms with Crippen LogP contribution < -0.4 is 16.0 Å². The van der Waals surface area contributed by atoms with Gasteiger partial charge in [-0.15, -0.1) is 0 Å². The number of aliphatic hydroxyl groups excluding tert-OH is 1. The average molecular weight is 417 g/mol. The Morgan fingerprint density at radius 3 is 2.53 bits per heavy atom. The van der Waals surface area contributed by atoms with Crippen LogP contribution in [-0.4, -0.2) is 42.4 Å². The molecule has 1 aromatic heterocycles. The summed E-state index contributed by atoms with van der Waals surface area (Å²) in [7, 11) is 0. The van der Waals surface area contributed by atoms with E-state index in [0.717, 1.165) is 12.0 Å². The van der Waals surface area contributed by atoms with E-state index >= 15 is 0 Å². The first kappa shape index (κ1) is 23.3. The number of aliphatic hydroxyl groups is 1. The fourth-order valence-electron chi connectivity index (χ4n) is 2.59. The second-order valence-electron chi connectivity index (χ2n) is 7.75. The quantitative estimate of drug-likeness (QED) is 0.388. The van der Waals surface area contributed by atoms with E-state index in [1.54, 1.807) is 12.1 Å². The molecule has 0 bridgehead atoms. The number of ether oxygens (including phenoxy) is 1. The van der Waals surface area contributed by atoms with Gasteiger partial charge in [-0.25, -0.2) is 4.79 Å². The maximum atomic E-state index is 11.8. The van der Waals surface area contributed by atoms with Crippen molar-refractivity contribution >= 4 is 17.7 Å². The number of nitrogens with one attached hydrogen (secondary N) is 3. The average Bonchev–Trinajstić information content (AvgIpc) is 3.20. The normalized spacial score (nSPS) is 12.9. The van der Waals surface area contributed by atoms with E-state index in [1.807, 2.05) is 52.0 Å². The van der Waals surface area contributed by atoms with Crippen LogP contribution in [0.15, 0.2) is 52.1 Å². The number of hydrogen-bond donors (Lipinski definition) is 4. The van der Waals surface area contributed by atoms with Crippen LogP contribution >= 0.6 is 0 Å². The van der Waals surface area contributed by atoms with Crippen LogP contribution in [0.1, 0.15) is 45.1 Å². The Labute approximate surface area is 177 Å². The van der Waals surface area contributed by atoms with Crippen molar-refractivity contribution in [2.75, 3.05) is 25.0 Å². The molecular formula is C22H32N4O4. The molecule has 1 amide bonds. The minimum atomic E-state index is -0.777. The predicted octanol–water partition coefficient (Wildman–Crippen LogP) is 3.46. The van der Waals surface area contributed by atoms with Gasteiger partial charge in [0, 0.05) is 18.8 Å². The Hall–Kier alpha value is -3.00. The standard InChI is InChI=1S/C22H32N4O4/c1-5-23-20(25-15-18(27)19-7-6-14-29-19)24-13-12-16-8-10-17(11-9-16)26-21(28)30-22(2,3)4/h6-11,14,18,27H,5,12-13,15H2,1-4H3,(H,26,28)(H2,23,24,25). The molecule has 0 saturated heterocycles. The second-order valence-corrected chi connectivity index (χ2v) is 7.75. The number of furan rings is 1. The van der Waals surface area contributed by atoms with E-state index < -0.39 is 17.8 Å². The molecule has 1 atom stereocenters. The number of benzene rings is 1. The summed E-state index contributed by atoms with van der Waals surface area (Å²) < 4.78 is 10.4. The van der Waals surface area contributed by atoms with Crippen molar-refractivity contribution in [1.29, 1.82) is 0 Å². The van der Waals surface area contributed by atoms with Gasteiger partial charge in [0.2, 0.25) is 0 Å². The first-order chi connectivity index (χ1) is 14.3. The highest BCUT2D eigenvalue weighted by atomic mass is 16.6. The lowest BCUT2D eigenvalue weighted by molar-refractivity contribution is 0.0636. The zero-order valence-electron chi connectivity index (χ0n) is 18.1. The van der Waals surface area contributed by atoms with Crippen LogP contribution in [0.3, 0.4) is 0 Å². The van der Waals surface area contributed by atoms with Crippen molar-refractivity contribution in [3.8, 4) is 0 Å². The van der Waals surface area contributed by atoms with Gasteiger partial charge in [-0.2, -0.15) is 0 Å². The van der Waals surface area contributed by atoms with E-state index in [0.29, 0.717) is 30.5 Å². The summed E-state index contributed by atoms with van der Waals surface area (Å²) in [5, 5.41) is 19.2. The van der Waals surface area contributed by atoms with Gasteiger partial charge < -0.3 is 24.9 Å². The van der Waals surface area contributed by atoms with Crippen LogP contribution in [0.5, 0.6) is 0 Å². The maximum Gasteiger partial charge on any atom is 0.412 e. The number of hydrogen-bond acceptors (Lipinski definition) is 5. The molecular weight excluding hydrogens is 384 g/mol. The van der Waals surface area contributed by atoms with Crippen LogP contribution in [0.25, 0.3) is 0 Å². The molecule has 1 aromatic carbocycles. The summed E-state index contributed by atoms with van der Waals surface area (Å²) >= 11 is 0. The summed E-state index contributed by atoms with van der Waals surface area (Å²) in [6.07, 6.45) is 1.05. The summed E-state index contributed by atoms with van der Waals surface area (Å²) in [6, 6.07) is 11.1. The van der Waals surface area contributed by atoms with Crippen molar-refractivity contribution in [2.24, 2.45) is 4.99 Å². The highest BCUT2D eigenvalue weighted by Crippen LogP contribution is 2.14. The molecule has 1 unspecified atom stereocenters. The smallest absolute Gasteiger partial charge is 0.412 e. The molecule has 164 valence electrons. The lowest BCUT2D eigenvalue weighted by atomic mass is 10.1. The van der Waals surface area contributed by atoms with Crippen molar-refractivity contribution in [3.63, 3.8) is 0 Å². The summed E-state index contributed by atoms with van der Waals surface area (Å²) in [6.45, 7) is 9.04. The van der Waals surface area contributed by atoms with Gasteiger partial charge in [0.15, 0.2) is 5.96 Å². The molecule has 0 saturated carbocycles. The number of nitrogens with zero attached hydrogens (tertiary/aromatic N) is 1. The molecule has 2 aromatic rings. The number of rotatable bonds is 8. The number of carbonyl (C=O) groups is 1. The molecule has 8 heteroatoms. The Bertz CT molecular complexity index is 796. The number of carbonyl (C=O) groups excluding carboxylic acids is 1. The van der Waals surface area contributed by atoms with E-state index in [9.17, 15) is 9.90 Å². The Morgan fingerprint density at radius 2 is 1.93 bits per heavy atom. The molecule has 0 aliphatic rings. The molecule has 0 fully saturated rings. The van der Waals surface area contributed by atoms with E-state index in [4.69, 9.17) is 9.15 Å². The lowest BCUT2D eigenvalue weighted by Gasteiger charge is -2.19. The largest absolute Gasteiger partial charge is 0.467 e. The summed E-state index contributed by atoms with van der Waals surface area (Å²) in [4.78, 5) is 16.2. The van der Waals surface area contributed by atoms with Crippen molar-refractivity contribution in [1.82, 2.24) is 10.6 Å². The van der Waals surface area contributed by atoms with Gasteiger partial charge in [0.25, 0.3) is 0 Å². The molecule has 1 heterocycles. The van der Waals surface area contributed by atoms with Crippen molar-refractivity contribution < 1.29 is 19.1 Å². The van der Waals surface area contributed by atoms with Gasteiger partial charge in [-0.3, -0.25) is 10.3 Å². The highest BCUT2D eigenvalue weighted by Gasteiger charge is 2.16. The summed E-state index contributed by atoms with van der Waals surface area (Å²) in [5.41, 5.74) is 1.27. The Kier molecular flexibility index (Phi) is 8.73. The molecule has 4 N–H and O–H groups in total.